The Bertz CT molecular complexity index is 2760. The van der Waals surface area contributed by atoms with Crippen molar-refractivity contribution < 1.29 is 4.42 Å². The first-order valence-corrected chi connectivity index (χ1v) is 16.0. The fourth-order valence-electron chi connectivity index (χ4n) is 8.89. The quantitative estimate of drug-likeness (QED) is 0.188. The molecule has 2 aliphatic rings. The summed E-state index contributed by atoms with van der Waals surface area (Å²) in [4.78, 5) is 0. The van der Waals surface area contributed by atoms with Crippen molar-refractivity contribution in [3.05, 3.63) is 180 Å². The fourth-order valence-corrected chi connectivity index (χ4v) is 8.89. The minimum absolute atomic E-state index is 0.401. The van der Waals surface area contributed by atoms with E-state index in [0.29, 0.717) is 0 Å². The Morgan fingerprint density at radius 3 is 1.87 bits per heavy atom. The molecular formula is C45H26O. The van der Waals surface area contributed by atoms with Crippen LogP contribution >= 0.6 is 0 Å². The first-order chi connectivity index (χ1) is 22.8. The van der Waals surface area contributed by atoms with Crippen molar-refractivity contribution in [1.29, 1.82) is 0 Å². The molecular weight excluding hydrogens is 556 g/mol. The number of hydrogen-bond acceptors (Lipinski definition) is 1. The van der Waals surface area contributed by atoms with Crippen molar-refractivity contribution in [2.45, 2.75) is 5.41 Å². The van der Waals surface area contributed by atoms with E-state index in [9.17, 15) is 0 Å². The molecule has 1 spiro atoms. The Labute approximate surface area is 266 Å². The van der Waals surface area contributed by atoms with Gasteiger partial charge in [-0.05, 0) is 90.0 Å². The Hall–Kier alpha value is -5.92. The second-order valence-electron chi connectivity index (χ2n) is 12.8. The van der Waals surface area contributed by atoms with Gasteiger partial charge in [-0.1, -0.05) is 140 Å². The highest BCUT2D eigenvalue weighted by molar-refractivity contribution is 6.19. The van der Waals surface area contributed by atoms with Gasteiger partial charge in [-0.3, -0.25) is 0 Å². The van der Waals surface area contributed by atoms with Crippen LogP contribution in [0.3, 0.4) is 0 Å². The zero-order chi connectivity index (χ0) is 30.0. The van der Waals surface area contributed by atoms with Crippen molar-refractivity contribution in [3.63, 3.8) is 0 Å². The van der Waals surface area contributed by atoms with Crippen LogP contribution in [0, 0.1) is 0 Å². The van der Waals surface area contributed by atoms with Gasteiger partial charge in [0.15, 0.2) is 0 Å². The van der Waals surface area contributed by atoms with Gasteiger partial charge in [-0.25, -0.2) is 0 Å². The Morgan fingerprint density at radius 2 is 1.00 bits per heavy atom. The van der Waals surface area contributed by atoms with Gasteiger partial charge in [0.25, 0.3) is 0 Å². The molecule has 0 N–H and O–H groups in total. The number of benzene rings is 8. The molecule has 1 nitrogen and oxygen atoms in total. The summed E-state index contributed by atoms with van der Waals surface area (Å²) in [7, 11) is 0. The molecule has 0 amide bonds. The third kappa shape index (κ3) is 2.87. The summed E-state index contributed by atoms with van der Waals surface area (Å²) in [5, 5.41) is 7.32. The monoisotopic (exact) mass is 582 g/mol. The summed E-state index contributed by atoms with van der Waals surface area (Å²) < 4.78 is 6.57. The average molecular weight is 583 g/mol. The van der Waals surface area contributed by atoms with E-state index in [0.717, 1.165) is 21.9 Å². The molecule has 0 radical (unpaired) electrons. The molecule has 1 heterocycles. The topological polar surface area (TPSA) is 13.1 Å². The molecule has 1 heteroatoms. The van der Waals surface area contributed by atoms with E-state index in [1.807, 2.05) is 0 Å². The predicted octanol–water partition coefficient (Wildman–Crippen LogP) is 11.9. The van der Waals surface area contributed by atoms with Crippen molar-refractivity contribution >= 4 is 43.5 Å². The van der Waals surface area contributed by atoms with E-state index in [1.165, 1.54) is 77.2 Å². The Balaban J connectivity index is 1.23. The second-order valence-corrected chi connectivity index (χ2v) is 12.8. The van der Waals surface area contributed by atoms with E-state index in [1.54, 1.807) is 0 Å². The normalized spacial score (nSPS) is 15.9. The standard InChI is InChI=1S/C45H26O/c1-2-13-31-27(10-1)22-24-35-43-30(16-9-21-41(43)46-44(31)35)29-23-25-39-36(26-29)33-15-4-6-19-38(33)45(39)37-18-5-3-14-32(37)34-17-7-11-28-12-8-20-40(45)42(28)34/h1-26H. The van der Waals surface area contributed by atoms with Crippen molar-refractivity contribution in [2.75, 3.05) is 0 Å². The van der Waals surface area contributed by atoms with Gasteiger partial charge >= 0.3 is 0 Å². The summed E-state index contributed by atoms with van der Waals surface area (Å²) in [6.45, 7) is 0. The van der Waals surface area contributed by atoms with Crippen LogP contribution in [-0.2, 0) is 5.41 Å². The van der Waals surface area contributed by atoms with Crippen molar-refractivity contribution in [3.8, 4) is 33.4 Å². The summed E-state index contributed by atoms with van der Waals surface area (Å²) in [5.41, 5.74) is 14.6. The van der Waals surface area contributed by atoms with Crippen LogP contribution in [0.1, 0.15) is 22.3 Å². The van der Waals surface area contributed by atoms with E-state index < -0.39 is 5.41 Å². The number of furan rings is 1. The lowest BCUT2D eigenvalue weighted by Crippen LogP contribution is -2.31. The van der Waals surface area contributed by atoms with Gasteiger partial charge in [-0.15, -0.1) is 0 Å². The highest BCUT2D eigenvalue weighted by atomic mass is 16.3. The molecule has 2 aliphatic carbocycles. The molecule has 9 aromatic rings. The minimum Gasteiger partial charge on any atom is -0.455 e. The van der Waals surface area contributed by atoms with Gasteiger partial charge < -0.3 is 4.42 Å². The lowest BCUT2D eigenvalue weighted by Gasteiger charge is -2.40. The zero-order valence-corrected chi connectivity index (χ0v) is 24.9. The van der Waals surface area contributed by atoms with Crippen LogP contribution < -0.4 is 0 Å². The number of fused-ring (bicyclic) bond motifs is 14. The van der Waals surface area contributed by atoms with Crippen molar-refractivity contribution in [2.24, 2.45) is 0 Å². The van der Waals surface area contributed by atoms with Gasteiger partial charge in [0, 0.05) is 16.2 Å². The maximum atomic E-state index is 6.57. The minimum atomic E-state index is -0.401. The van der Waals surface area contributed by atoms with Crippen LogP contribution in [0.5, 0.6) is 0 Å². The third-order valence-corrected chi connectivity index (χ3v) is 10.7. The fraction of sp³-hybridized carbons (Fsp3) is 0.0222. The van der Waals surface area contributed by atoms with Gasteiger partial charge in [0.2, 0.25) is 0 Å². The van der Waals surface area contributed by atoms with Crippen LogP contribution in [0.2, 0.25) is 0 Å². The summed E-state index contributed by atoms with van der Waals surface area (Å²) >= 11 is 0. The molecule has 1 atom stereocenters. The van der Waals surface area contributed by atoms with E-state index in [4.69, 9.17) is 4.42 Å². The average Bonchev–Trinajstić information content (AvgIpc) is 3.65. The van der Waals surface area contributed by atoms with E-state index in [2.05, 4.69) is 158 Å². The second kappa shape index (κ2) is 8.62. The lowest BCUT2D eigenvalue weighted by atomic mass is 9.61. The largest absolute Gasteiger partial charge is 0.455 e. The molecule has 46 heavy (non-hydrogen) atoms. The third-order valence-electron chi connectivity index (χ3n) is 10.7. The van der Waals surface area contributed by atoms with Gasteiger partial charge in [0.1, 0.15) is 11.2 Å². The molecule has 1 aromatic heterocycles. The van der Waals surface area contributed by atoms with Gasteiger partial charge in [0.05, 0.1) is 5.41 Å². The lowest BCUT2D eigenvalue weighted by molar-refractivity contribution is 0.673. The van der Waals surface area contributed by atoms with Crippen LogP contribution in [-0.4, -0.2) is 0 Å². The van der Waals surface area contributed by atoms with Crippen molar-refractivity contribution in [1.82, 2.24) is 0 Å². The van der Waals surface area contributed by atoms with E-state index in [-0.39, 0.29) is 0 Å². The highest BCUT2D eigenvalue weighted by Crippen LogP contribution is 2.62. The Kier molecular flexibility index (Phi) is 4.57. The molecule has 1 unspecified atom stereocenters. The van der Waals surface area contributed by atoms with E-state index >= 15 is 0 Å². The first-order valence-electron chi connectivity index (χ1n) is 16.0. The maximum absolute atomic E-state index is 6.57. The van der Waals surface area contributed by atoms with Crippen LogP contribution in [0.4, 0.5) is 0 Å². The van der Waals surface area contributed by atoms with Crippen LogP contribution in [0.15, 0.2) is 162 Å². The molecule has 11 rings (SSSR count). The summed E-state index contributed by atoms with van der Waals surface area (Å²) in [6, 6.07) is 58.3. The predicted molar refractivity (Wildman–Crippen MR) is 190 cm³/mol. The SMILES string of the molecule is c1ccc2c(c1)-c1cc(-c3cccc4oc5c6ccccc6ccc5c34)ccc1C21c2ccccc2-c2cccc3cccc1c23. The number of rotatable bonds is 1. The zero-order valence-electron chi connectivity index (χ0n) is 24.9. The van der Waals surface area contributed by atoms with Gasteiger partial charge in [-0.2, -0.15) is 0 Å². The molecule has 0 saturated carbocycles. The smallest absolute Gasteiger partial charge is 0.143 e. The van der Waals surface area contributed by atoms with Crippen LogP contribution in [0.25, 0.3) is 76.9 Å². The maximum Gasteiger partial charge on any atom is 0.143 e. The molecule has 0 aliphatic heterocycles. The molecule has 8 aromatic carbocycles. The molecule has 0 bridgehead atoms. The summed E-state index contributed by atoms with van der Waals surface area (Å²) in [6.07, 6.45) is 0. The number of hydrogen-bond donors (Lipinski definition) is 0. The molecule has 0 fully saturated rings. The summed E-state index contributed by atoms with van der Waals surface area (Å²) in [5.74, 6) is 0. The molecule has 0 saturated heterocycles. The molecule has 212 valence electrons. The highest BCUT2D eigenvalue weighted by Gasteiger charge is 2.49. The first kappa shape index (κ1) is 24.4. The Morgan fingerprint density at radius 1 is 0.370 bits per heavy atom.